The van der Waals surface area contributed by atoms with Gasteiger partial charge in [-0.15, -0.1) is 0 Å². The van der Waals surface area contributed by atoms with E-state index in [2.05, 4.69) is 0 Å². The van der Waals surface area contributed by atoms with E-state index in [1.54, 1.807) is 4.72 Å². The number of hydrogen-bond donors (Lipinski definition) is 1. The molecule has 4 nitrogen and oxygen atoms in total. The molecule has 1 N–H and O–H groups in total. The summed E-state index contributed by atoms with van der Waals surface area (Å²) in [6.07, 6.45) is 2.03. The molecule has 1 aliphatic carbocycles. The highest BCUT2D eigenvalue weighted by atomic mass is 32.2. The molecule has 0 heterocycles. The second-order valence-corrected chi connectivity index (χ2v) is 6.93. The Hall–Kier alpha value is -1.57. The SMILES string of the molecule is CC(CC(=O)NS(=O)(=O)c1cc(F)c(F)c(F)c1)C1CC1. The molecule has 116 valence electrons. The molecule has 1 aromatic carbocycles. The first-order valence-electron chi connectivity index (χ1n) is 6.41. The molecule has 1 aliphatic rings. The van der Waals surface area contributed by atoms with Crippen LogP contribution in [0, 0.1) is 29.3 Å². The van der Waals surface area contributed by atoms with Crippen molar-refractivity contribution in [2.45, 2.75) is 31.1 Å². The van der Waals surface area contributed by atoms with Gasteiger partial charge in [-0.3, -0.25) is 4.79 Å². The Morgan fingerprint density at radius 3 is 2.29 bits per heavy atom. The van der Waals surface area contributed by atoms with Crippen molar-refractivity contribution in [1.82, 2.24) is 4.72 Å². The summed E-state index contributed by atoms with van der Waals surface area (Å²) in [7, 11) is -4.42. The van der Waals surface area contributed by atoms with Crippen molar-refractivity contribution in [3.05, 3.63) is 29.6 Å². The van der Waals surface area contributed by atoms with E-state index in [9.17, 15) is 26.4 Å². The maximum Gasteiger partial charge on any atom is 0.264 e. The third-order valence-corrected chi connectivity index (χ3v) is 4.80. The lowest BCUT2D eigenvalue weighted by atomic mass is 10.0. The second-order valence-electron chi connectivity index (χ2n) is 5.25. The summed E-state index contributed by atoms with van der Waals surface area (Å²) in [5.74, 6) is -5.31. The van der Waals surface area contributed by atoms with Crippen LogP contribution in [0.4, 0.5) is 13.2 Å². The van der Waals surface area contributed by atoms with Crippen LogP contribution in [0.3, 0.4) is 0 Å². The normalized spacial score (nSPS) is 16.6. The number of carbonyl (C=O) groups excluding carboxylic acids is 1. The zero-order valence-corrected chi connectivity index (χ0v) is 12.0. The van der Waals surface area contributed by atoms with E-state index in [1.807, 2.05) is 6.92 Å². The molecule has 0 spiro atoms. The highest BCUT2D eigenvalue weighted by Crippen LogP contribution is 2.38. The van der Waals surface area contributed by atoms with Crippen LogP contribution in [-0.2, 0) is 14.8 Å². The number of sulfonamides is 1. The fraction of sp³-hybridized carbons (Fsp3) is 0.462. The van der Waals surface area contributed by atoms with Crippen LogP contribution >= 0.6 is 0 Å². The molecule has 1 saturated carbocycles. The van der Waals surface area contributed by atoms with Gasteiger partial charge in [-0.2, -0.15) is 0 Å². The molecule has 0 saturated heterocycles. The maximum absolute atomic E-state index is 13.0. The van der Waals surface area contributed by atoms with Gasteiger partial charge < -0.3 is 0 Å². The predicted molar refractivity (Wildman–Crippen MR) is 68.1 cm³/mol. The quantitative estimate of drug-likeness (QED) is 0.847. The molecule has 21 heavy (non-hydrogen) atoms. The van der Waals surface area contributed by atoms with E-state index in [0.717, 1.165) is 12.8 Å². The first-order valence-corrected chi connectivity index (χ1v) is 7.89. The maximum atomic E-state index is 13.0. The second kappa shape index (κ2) is 5.67. The fourth-order valence-corrected chi connectivity index (χ4v) is 3.08. The molecular formula is C13H14F3NO3S. The number of amides is 1. The van der Waals surface area contributed by atoms with Crippen molar-refractivity contribution in [2.75, 3.05) is 0 Å². The minimum absolute atomic E-state index is 0.00998. The summed E-state index contributed by atoms with van der Waals surface area (Å²) in [5, 5.41) is 0. The highest BCUT2D eigenvalue weighted by Gasteiger charge is 2.30. The number of carbonyl (C=O) groups is 1. The van der Waals surface area contributed by atoms with Crippen molar-refractivity contribution in [1.29, 1.82) is 0 Å². The van der Waals surface area contributed by atoms with Crippen molar-refractivity contribution < 1.29 is 26.4 Å². The fourth-order valence-electron chi connectivity index (χ4n) is 2.06. The zero-order chi connectivity index (χ0) is 15.8. The molecule has 0 aliphatic heterocycles. The van der Waals surface area contributed by atoms with Crippen LogP contribution in [0.15, 0.2) is 17.0 Å². The van der Waals surface area contributed by atoms with Crippen molar-refractivity contribution >= 4 is 15.9 Å². The van der Waals surface area contributed by atoms with Gasteiger partial charge in [0, 0.05) is 6.42 Å². The Labute approximate surface area is 120 Å². The topological polar surface area (TPSA) is 63.2 Å². The lowest BCUT2D eigenvalue weighted by Gasteiger charge is -2.11. The van der Waals surface area contributed by atoms with Crippen LogP contribution in [0.2, 0.25) is 0 Å². The van der Waals surface area contributed by atoms with Gasteiger partial charge in [-0.1, -0.05) is 6.92 Å². The molecule has 0 radical (unpaired) electrons. The first-order chi connectivity index (χ1) is 9.70. The third-order valence-electron chi connectivity index (χ3n) is 3.45. The molecule has 1 unspecified atom stereocenters. The predicted octanol–water partition coefficient (Wildman–Crippen LogP) is 2.35. The highest BCUT2D eigenvalue weighted by molar-refractivity contribution is 7.90. The number of hydrogen-bond acceptors (Lipinski definition) is 3. The largest absolute Gasteiger partial charge is 0.274 e. The summed E-state index contributed by atoms with van der Waals surface area (Å²) >= 11 is 0. The molecule has 0 aromatic heterocycles. The van der Waals surface area contributed by atoms with Crippen LogP contribution in [0.1, 0.15) is 26.2 Å². The molecule has 1 fully saturated rings. The molecule has 8 heteroatoms. The molecule has 0 bridgehead atoms. The minimum Gasteiger partial charge on any atom is -0.274 e. The van der Waals surface area contributed by atoms with Crippen LogP contribution in [0.25, 0.3) is 0 Å². The molecular weight excluding hydrogens is 307 g/mol. The Morgan fingerprint density at radius 2 is 1.81 bits per heavy atom. The average molecular weight is 321 g/mol. The summed E-state index contributed by atoms with van der Waals surface area (Å²) in [5.41, 5.74) is 0. The van der Waals surface area contributed by atoms with Crippen molar-refractivity contribution in [2.24, 2.45) is 11.8 Å². The Balaban J connectivity index is 2.12. The van der Waals surface area contributed by atoms with E-state index in [1.165, 1.54) is 0 Å². The van der Waals surface area contributed by atoms with Crippen LogP contribution < -0.4 is 4.72 Å². The standard InChI is InChI=1S/C13H14F3NO3S/c1-7(8-2-3-8)4-12(18)17-21(19,20)9-5-10(14)13(16)11(15)6-9/h5-8H,2-4H2,1H3,(H,17,18). The van der Waals surface area contributed by atoms with Gasteiger partial charge in [0.25, 0.3) is 10.0 Å². The van der Waals surface area contributed by atoms with Gasteiger partial charge in [0.1, 0.15) is 0 Å². The number of nitrogens with one attached hydrogen (secondary N) is 1. The van der Waals surface area contributed by atoms with Gasteiger partial charge in [-0.25, -0.2) is 26.3 Å². The molecule has 1 atom stereocenters. The van der Waals surface area contributed by atoms with Crippen LogP contribution in [0.5, 0.6) is 0 Å². The first kappa shape index (κ1) is 15.8. The van der Waals surface area contributed by atoms with Gasteiger partial charge in [0.05, 0.1) is 4.90 Å². The van der Waals surface area contributed by atoms with E-state index < -0.39 is 38.3 Å². The molecule has 2 rings (SSSR count). The van der Waals surface area contributed by atoms with Crippen molar-refractivity contribution in [3.63, 3.8) is 0 Å². The number of rotatable bonds is 5. The van der Waals surface area contributed by atoms with Gasteiger partial charge in [0.15, 0.2) is 17.5 Å². The smallest absolute Gasteiger partial charge is 0.264 e. The third kappa shape index (κ3) is 3.75. The van der Waals surface area contributed by atoms with E-state index >= 15 is 0 Å². The van der Waals surface area contributed by atoms with Gasteiger partial charge in [-0.05, 0) is 36.8 Å². The zero-order valence-electron chi connectivity index (χ0n) is 11.2. The molecule has 1 aromatic rings. The average Bonchev–Trinajstić information content (AvgIpc) is 3.18. The summed E-state index contributed by atoms with van der Waals surface area (Å²) < 4.78 is 64.3. The van der Waals surface area contributed by atoms with Crippen LogP contribution in [-0.4, -0.2) is 14.3 Å². The lowest BCUT2D eigenvalue weighted by Crippen LogP contribution is -2.32. The Morgan fingerprint density at radius 1 is 1.29 bits per heavy atom. The lowest BCUT2D eigenvalue weighted by molar-refractivity contribution is -0.120. The summed E-state index contributed by atoms with van der Waals surface area (Å²) in [6.45, 7) is 1.83. The van der Waals surface area contributed by atoms with Gasteiger partial charge in [0.2, 0.25) is 5.91 Å². The summed E-state index contributed by atoms with van der Waals surface area (Å²) in [4.78, 5) is 10.8. The summed E-state index contributed by atoms with van der Waals surface area (Å²) in [6, 6.07) is 0.663. The molecule has 1 amide bonds. The van der Waals surface area contributed by atoms with Crippen molar-refractivity contribution in [3.8, 4) is 0 Å². The van der Waals surface area contributed by atoms with E-state index in [0.29, 0.717) is 18.1 Å². The van der Waals surface area contributed by atoms with E-state index in [4.69, 9.17) is 0 Å². The monoisotopic (exact) mass is 321 g/mol. The Bertz CT molecular complexity index is 648. The Kier molecular flexibility index (Phi) is 4.27. The number of benzene rings is 1. The minimum atomic E-state index is -4.42. The number of halogens is 3. The van der Waals surface area contributed by atoms with E-state index in [-0.39, 0.29) is 12.3 Å². The van der Waals surface area contributed by atoms with Gasteiger partial charge >= 0.3 is 0 Å².